The van der Waals surface area contributed by atoms with Crippen LogP contribution >= 0.6 is 11.6 Å². The van der Waals surface area contributed by atoms with E-state index in [2.05, 4.69) is 5.32 Å². The minimum atomic E-state index is -0.896. The van der Waals surface area contributed by atoms with E-state index in [0.717, 1.165) is 11.6 Å². The van der Waals surface area contributed by atoms with Crippen LogP contribution in [0.2, 0.25) is 5.02 Å². The van der Waals surface area contributed by atoms with Crippen molar-refractivity contribution in [1.82, 2.24) is 0 Å². The SMILES string of the molecule is CC(C)(C(=O)Nc1ccc(F)c(C(N)=O)c1)c1cccc(Cl)c1. The van der Waals surface area contributed by atoms with E-state index in [0.29, 0.717) is 10.7 Å². The summed E-state index contributed by atoms with van der Waals surface area (Å²) in [5.41, 5.74) is 4.99. The van der Waals surface area contributed by atoms with Gasteiger partial charge in [-0.2, -0.15) is 0 Å². The maximum absolute atomic E-state index is 13.5. The molecule has 0 unspecified atom stereocenters. The Kier molecular flexibility index (Phi) is 4.71. The summed E-state index contributed by atoms with van der Waals surface area (Å²) >= 11 is 5.96. The second-order valence-corrected chi connectivity index (χ2v) is 6.08. The van der Waals surface area contributed by atoms with Crippen molar-refractivity contribution in [2.75, 3.05) is 5.32 Å². The van der Waals surface area contributed by atoms with Gasteiger partial charge in [-0.05, 0) is 49.7 Å². The smallest absolute Gasteiger partial charge is 0.251 e. The van der Waals surface area contributed by atoms with Gasteiger partial charge in [-0.15, -0.1) is 0 Å². The lowest BCUT2D eigenvalue weighted by atomic mass is 9.83. The molecule has 0 saturated heterocycles. The summed E-state index contributed by atoms with van der Waals surface area (Å²) in [4.78, 5) is 23.7. The van der Waals surface area contributed by atoms with E-state index in [-0.39, 0.29) is 11.5 Å². The molecule has 3 N–H and O–H groups in total. The van der Waals surface area contributed by atoms with Gasteiger partial charge in [0.05, 0.1) is 11.0 Å². The largest absolute Gasteiger partial charge is 0.366 e. The number of anilines is 1. The van der Waals surface area contributed by atoms with Crippen LogP contribution in [0, 0.1) is 5.82 Å². The van der Waals surface area contributed by atoms with E-state index in [4.69, 9.17) is 17.3 Å². The molecule has 120 valence electrons. The van der Waals surface area contributed by atoms with Gasteiger partial charge in [0.15, 0.2) is 0 Å². The van der Waals surface area contributed by atoms with E-state index in [1.54, 1.807) is 38.1 Å². The molecule has 2 aromatic rings. The van der Waals surface area contributed by atoms with Gasteiger partial charge in [-0.1, -0.05) is 23.7 Å². The third-order valence-corrected chi connectivity index (χ3v) is 3.84. The second kappa shape index (κ2) is 6.38. The van der Waals surface area contributed by atoms with Crippen LogP contribution in [0.1, 0.15) is 29.8 Å². The van der Waals surface area contributed by atoms with E-state index in [1.165, 1.54) is 12.1 Å². The van der Waals surface area contributed by atoms with E-state index >= 15 is 0 Å². The highest BCUT2D eigenvalue weighted by Crippen LogP contribution is 2.27. The number of halogens is 2. The Labute approximate surface area is 138 Å². The molecule has 0 aliphatic rings. The van der Waals surface area contributed by atoms with Gasteiger partial charge in [0.25, 0.3) is 5.91 Å². The maximum atomic E-state index is 13.5. The lowest BCUT2D eigenvalue weighted by Crippen LogP contribution is -2.34. The van der Waals surface area contributed by atoms with Crippen molar-refractivity contribution in [3.8, 4) is 0 Å². The van der Waals surface area contributed by atoms with Crippen LogP contribution in [0.4, 0.5) is 10.1 Å². The fourth-order valence-corrected chi connectivity index (χ4v) is 2.28. The molecule has 0 radical (unpaired) electrons. The van der Waals surface area contributed by atoms with Gasteiger partial charge in [0.1, 0.15) is 5.82 Å². The van der Waals surface area contributed by atoms with Crippen molar-refractivity contribution in [3.05, 3.63) is 64.4 Å². The average Bonchev–Trinajstić information content (AvgIpc) is 2.48. The number of primary amides is 1. The molecule has 0 spiro atoms. The third kappa shape index (κ3) is 3.68. The molecule has 4 nitrogen and oxygen atoms in total. The first-order chi connectivity index (χ1) is 10.7. The summed E-state index contributed by atoms with van der Waals surface area (Å²) in [6.45, 7) is 3.49. The fourth-order valence-electron chi connectivity index (χ4n) is 2.09. The van der Waals surface area contributed by atoms with Crippen LogP contribution in [-0.4, -0.2) is 11.8 Å². The van der Waals surface area contributed by atoms with Gasteiger partial charge in [-0.3, -0.25) is 9.59 Å². The van der Waals surface area contributed by atoms with Crippen molar-refractivity contribution in [3.63, 3.8) is 0 Å². The number of rotatable bonds is 4. The molecule has 0 heterocycles. The van der Waals surface area contributed by atoms with Crippen LogP contribution in [0.15, 0.2) is 42.5 Å². The Hall–Kier alpha value is -2.40. The molecule has 0 bridgehead atoms. The van der Waals surface area contributed by atoms with Gasteiger partial charge in [0.2, 0.25) is 5.91 Å². The third-order valence-electron chi connectivity index (χ3n) is 3.60. The first-order valence-corrected chi connectivity index (χ1v) is 7.26. The predicted molar refractivity (Wildman–Crippen MR) is 88.0 cm³/mol. The quantitative estimate of drug-likeness (QED) is 0.898. The van der Waals surface area contributed by atoms with Crippen molar-refractivity contribution in [2.45, 2.75) is 19.3 Å². The molecule has 0 atom stereocenters. The molecule has 0 saturated carbocycles. The maximum Gasteiger partial charge on any atom is 0.251 e. The highest BCUT2D eigenvalue weighted by molar-refractivity contribution is 6.30. The molecule has 23 heavy (non-hydrogen) atoms. The molecule has 2 rings (SSSR count). The van der Waals surface area contributed by atoms with E-state index < -0.39 is 17.1 Å². The zero-order chi connectivity index (χ0) is 17.2. The van der Waals surface area contributed by atoms with Gasteiger partial charge < -0.3 is 11.1 Å². The number of carbonyl (C=O) groups is 2. The number of benzene rings is 2. The summed E-state index contributed by atoms with van der Waals surface area (Å²) in [6.07, 6.45) is 0. The molecule has 0 aliphatic carbocycles. The Morgan fingerprint density at radius 1 is 1.17 bits per heavy atom. The lowest BCUT2D eigenvalue weighted by Gasteiger charge is -2.24. The predicted octanol–water partition coefficient (Wildman–Crippen LogP) is 3.49. The van der Waals surface area contributed by atoms with Crippen LogP contribution in [0.3, 0.4) is 0 Å². The van der Waals surface area contributed by atoms with Crippen molar-refractivity contribution in [1.29, 1.82) is 0 Å². The summed E-state index contributed by atoms with van der Waals surface area (Å²) in [7, 11) is 0. The van der Waals surface area contributed by atoms with E-state index in [1.807, 2.05) is 0 Å². The highest BCUT2D eigenvalue weighted by Gasteiger charge is 2.30. The summed E-state index contributed by atoms with van der Waals surface area (Å²) in [5.74, 6) is -1.95. The number of nitrogens with one attached hydrogen (secondary N) is 1. The van der Waals surface area contributed by atoms with Gasteiger partial charge in [0, 0.05) is 10.7 Å². The van der Waals surface area contributed by atoms with Crippen LogP contribution < -0.4 is 11.1 Å². The molecular formula is C17H16ClFN2O2. The molecule has 2 amide bonds. The number of hydrogen-bond acceptors (Lipinski definition) is 2. The molecule has 6 heteroatoms. The monoisotopic (exact) mass is 334 g/mol. The van der Waals surface area contributed by atoms with Crippen LogP contribution in [-0.2, 0) is 10.2 Å². The van der Waals surface area contributed by atoms with Gasteiger partial charge in [-0.25, -0.2) is 4.39 Å². The zero-order valence-electron chi connectivity index (χ0n) is 12.7. The Morgan fingerprint density at radius 2 is 1.87 bits per heavy atom. The van der Waals surface area contributed by atoms with Crippen LogP contribution in [0.5, 0.6) is 0 Å². The van der Waals surface area contributed by atoms with Crippen LogP contribution in [0.25, 0.3) is 0 Å². The number of nitrogens with two attached hydrogens (primary N) is 1. The molecular weight excluding hydrogens is 319 g/mol. The first-order valence-electron chi connectivity index (χ1n) is 6.88. The minimum Gasteiger partial charge on any atom is -0.366 e. The summed E-state index contributed by atoms with van der Waals surface area (Å²) < 4.78 is 13.5. The first kappa shape index (κ1) is 17.0. The lowest BCUT2D eigenvalue weighted by molar-refractivity contribution is -0.120. The minimum absolute atomic E-state index is 0.275. The normalized spacial score (nSPS) is 11.1. The Balaban J connectivity index is 2.28. The summed E-state index contributed by atoms with van der Waals surface area (Å²) in [5, 5.41) is 3.20. The number of amides is 2. The van der Waals surface area contributed by atoms with Crippen molar-refractivity contribution in [2.24, 2.45) is 5.73 Å². The number of hydrogen-bond donors (Lipinski definition) is 2. The topological polar surface area (TPSA) is 72.2 Å². The fraction of sp³-hybridized carbons (Fsp3) is 0.176. The van der Waals surface area contributed by atoms with Crippen molar-refractivity contribution >= 4 is 29.1 Å². The average molecular weight is 335 g/mol. The van der Waals surface area contributed by atoms with Crippen molar-refractivity contribution < 1.29 is 14.0 Å². The Morgan fingerprint density at radius 3 is 2.48 bits per heavy atom. The zero-order valence-corrected chi connectivity index (χ0v) is 13.4. The molecule has 2 aromatic carbocycles. The highest BCUT2D eigenvalue weighted by atomic mass is 35.5. The number of carbonyl (C=O) groups excluding carboxylic acids is 2. The Bertz CT molecular complexity index is 775. The summed E-state index contributed by atoms with van der Waals surface area (Å²) in [6, 6.07) is 10.7. The van der Waals surface area contributed by atoms with E-state index in [9.17, 15) is 14.0 Å². The molecule has 0 fully saturated rings. The standard InChI is InChI=1S/C17H16ClFN2O2/c1-17(2,10-4-3-5-11(18)8-10)16(23)21-12-6-7-14(19)13(9-12)15(20)22/h3-9H,1-2H3,(H2,20,22)(H,21,23). The molecule has 0 aromatic heterocycles. The van der Waals surface area contributed by atoms with Gasteiger partial charge >= 0.3 is 0 Å². The molecule has 0 aliphatic heterocycles. The second-order valence-electron chi connectivity index (χ2n) is 5.65.